The zero-order valence-electron chi connectivity index (χ0n) is 14.8. The van der Waals surface area contributed by atoms with E-state index < -0.39 is 9.53 Å². The van der Waals surface area contributed by atoms with Crippen LogP contribution in [0.4, 0.5) is 0 Å². The van der Waals surface area contributed by atoms with Crippen LogP contribution in [0.3, 0.4) is 0 Å². The molecule has 0 heterocycles. The summed E-state index contributed by atoms with van der Waals surface area (Å²) in [5.74, 6) is 0. The smallest absolute Gasteiger partial charge is 0.481 e. The molecule has 0 saturated heterocycles. The van der Waals surface area contributed by atoms with E-state index in [1.807, 2.05) is 20.8 Å². The fourth-order valence-corrected chi connectivity index (χ4v) is 2.68. The lowest BCUT2D eigenvalue weighted by Crippen LogP contribution is -2.27. The topological polar surface area (TPSA) is 46.2 Å². The Morgan fingerprint density at radius 2 is 1.05 bits per heavy atom. The highest BCUT2D eigenvalue weighted by Crippen LogP contribution is 1.98. The molecule has 0 aliphatic heterocycles. The monoisotopic (exact) mass is 336 g/mol. The Labute approximate surface area is 140 Å². The minimum absolute atomic E-state index is 0.250. The lowest BCUT2D eigenvalue weighted by molar-refractivity contribution is 0.107. The Hall–Kier alpha value is 0.549. The van der Waals surface area contributed by atoms with Crippen molar-refractivity contribution in [2.45, 2.75) is 73.5 Å². The molecule has 0 amide bonds. The Balaban J connectivity index is 0. The van der Waals surface area contributed by atoms with Crippen molar-refractivity contribution in [3.63, 3.8) is 0 Å². The molecule has 0 aromatic carbocycles. The van der Waals surface area contributed by atoms with Crippen LogP contribution in [0.2, 0.25) is 0 Å². The number of rotatable bonds is 12. The largest absolute Gasteiger partial charge is 0.668 e. The summed E-state index contributed by atoms with van der Waals surface area (Å²) >= 11 is -0.250. The summed E-state index contributed by atoms with van der Waals surface area (Å²) in [5.41, 5.74) is 0. The maximum atomic E-state index is 5.42. The highest BCUT2D eigenvalue weighted by molar-refractivity contribution is 6.36. The summed E-state index contributed by atoms with van der Waals surface area (Å²) in [6, 6.07) is 0. The van der Waals surface area contributed by atoms with Crippen molar-refractivity contribution in [3.05, 3.63) is 0 Å². The molecule has 2 radical (unpaired) electrons. The summed E-state index contributed by atoms with van der Waals surface area (Å²) < 4.78 is 26.4. The van der Waals surface area contributed by atoms with E-state index in [2.05, 4.69) is 27.7 Å². The van der Waals surface area contributed by atoms with Gasteiger partial charge in [-0.15, -0.1) is 0 Å². The van der Waals surface area contributed by atoms with E-state index in [0.29, 0.717) is 32.0 Å². The van der Waals surface area contributed by atoms with Crippen LogP contribution in [-0.4, -0.2) is 57.4 Å². The van der Waals surface area contributed by atoms with Crippen LogP contribution in [0, 0.1) is 0 Å². The van der Waals surface area contributed by atoms with Crippen LogP contribution >= 0.6 is 0 Å². The maximum absolute atomic E-state index is 5.42. The summed E-state index contributed by atoms with van der Waals surface area (Å²) in [5, 5.41) is 0. The third-order valence-corrected chi connectivity index (χ3v) is 5.24. The van der Waals surface area contributed by atoms with E-state index in [-0.39, 0.29) is 15.9 Å². The first-order chi connectivity index (χ1) is 10.0. The lowest BCUT2D eigenvalue weighted by atomic mass is 10.3. The molecule has 2 atom stereocenters. The van der Waals surface area contributed by atoms with Gasteiger partial charge in [0.05, 0.1) is 0 Å². The standard InChI is InChI=1S/C6H15O3Si.2C4H9O.Al/c1-4-7-10(8-5-2)9-6-3;2*1-3-4(2)5;/h4-6H2,1-3H3;2*4H,3H2,1-2H3;/q;2*-1;+2. The van der Waals surface area contributed by atoms with E-state index in [1.165, 1.54) is 0 Å². The van der Waals surface area contributed by atoms with Crippen LogP contribution in [0.5, 0.6) is 0 Å². The third-order valence-electron chi connectivity index (χ3n) is 2.51. The van der Waals surface area contributed by atoms with E-state index in [4.69, 9.17) is 20.9 Å². The van der Waals surface area contributed by atoms with Crippen molar-refractivity contribution in [1.29, 1.82) is 0 Å². The number of hydrogen-bond donors (Lipinski definition) is 0. The normalized spacial score (nSPS) is 13.5. The molecular weight excluding hydrogens is 303 g/mol. The summed E-state index contributed by atoms with van der Waals surface area (Å²) in [4.78, 5) is 0. The van der Waals surface area contributed by atoms with E-state index in [0.717, 1.165) is 12.8 Å². The second-order valence-corrected chi connectivity index (χ2v) is 6.46. The minimum Gasteiger partial charge on any atom is -0.481 e. The molecule has 0 bridgehead atoms. The van der Waals surface area contributed by atoms with Gasteiger partial charge in [-0.25, -0.2) is 0 Å². The zero-order valence-corrected chi connectivity index (χ0v) is 17.0. The van der Waals surface area contributed by atoms with Gasteiger partial charge in [0.15, 0.2) is 0 Å². The van der Waals surface area contributed by atoms with Gasteiger partial charge in [-0.1, -0.05) is 13.8 Å². The summed E-state index contributed by atoms with van der Waals surface area (Å²) in [6.45, 7) is 16.2. The molecule has 5 nitrogen and oxygen atoms in total. The van der Waals surface area contributed by atoms with Crippen molar-refractivity contribution < 1.29 is 20.9 Å². The van der Waals surface area contributed by atoms with Gasteiger partial charge in [-0.3, -0.25) is 0 Å². The highest BCUT2D eigenvalue weighted by atomic mass is 28.3. The van der Waals surface area contributed by atoms with Gasteiger partial charge in [0, 0.05) is 32.0 Å². The lowest BCUT2D eigenvalue weighted by Gasteiger charge is -2.13. The molecule has 0 aromatic heterocycles. The van der Waals surface area contributed by atoms with Crippen molar-refractivity contribution in [1.82, 2.24) is 0 Å². The Morgan fingerprint density at radius 3 is 1.29 bits per heavy atom. The molecule has 0 spiro atoms. The molecule has 2 unspecified atom stereocenters. The van der Waals surface area contributed by atoms with Crippen LogP contribution in [0.15, 0.2) is 0 Å². The van der Waals surface area contributed by atoms with Gasteiger partial charge < -0.3 is 20.9 Å². The first kappa shape index (κ1) is 23.8. The van der Waals surface area contributed by atoms with Gasteiger partial charge in [0.2, 0.25) is 0 Å². The predicted octanol–water partition coefficient (Wildman–Crippen LogP) is 3.23. The molecular formula is C14H33AlO5Si. The average molecular weight is 336 g/mol. The van der Waals surface area contributed by atoms with Gasteiger partial charge in [0.25, 0.3) is 0 Å². The molecule has 0 rings (SSSR count). The summed E-state index contributed by atoms with van der Waals surface area (Å²) in [6.07, 6.45) is 2.84. The van der Waals surface area contributed by atoms with Crippen molar-refractivity contribution >= 4 is 25.4 Å². The fourth-order valence-electron chi connectivity index (χ4n) is 0.893. The Kier molecular flexibility index (Phi) is 21.1. The minimum atomic E-state index is -1.40. The molecule has 21 heavy (non-hydrogen) atoms. The van der Waals surface area contributed by atoms with Gasteiger partial charge in [0.1, 0.15) is 0 Å². The van der Waals surface area contributed by atoms with Gasteiger partial charge in [-0.05, 0) is 47.5 Å². The van der Waals surface area contributed by atoms with E-state index >= 15 is 0 Å². The first-order valence-electron chi connectivity index (χ1n) is 7.93. The highest BCUT2D eigenvalue weighted by Gasteiger charge is 2.15. The Bertz CT molecular complexity index is 176. The number of hydrogen-bond acceptors (Lipinski definition) is 5. The molecule has 0 N–H and O–H groups in total. The van der Waals surface area contributed by atoms with Crippen molar-refractivity contribution in [2.75, 3.05) is 19.8 Å². The molecule has 7 heteroatoms. The van der Waals surface area contributed by atoms with Crippen LogP contribution in [0.25, 0.3) is 0 Å². The second kappa shape index (κ2) is 18.6. The van der Waals surface area contributed by atoms with E-state index in [9.17, 15) is 0 Å². The summed E-state index contributed by atoms with van der Waals surface area (Å²) in [7, 11) is -1.40. The zero-order chi connectivity index (χ0) is 16.5. The molecule has 0 aliphatic rings. The van der Waals surface area contributed by atoms with Crippen LogP contribution < -0.4 is 0 Å². The predicted molar refractivity (Wildman–Crippen MR) is 88.1 cm³/mol. The molecule has 0 aliphatic carbocycles. The Morgan fingerprint density at radius 1 is 0.714 bits per heavy atom. The van der Waals surface area contributed by atoms with Gasteiger partial charge >= 0.3 is 25.4 Å². The maximum Gasteiger partial charge on any atom is 0.668 e. The first-order valence-corrected chi connectivity index (χ1v) is 10.1. The van der Waals surface area contributed by atoms with Crippen LogP contribution in [0.1, 0.15) is 61.3 Å². The SMILES string of the molecule is CCC(C)[O][Al][O]C(C)CC.CCO[Si](OCC)OCC. The molecule has 0 saturated carbocycles. The fraction of sp³-hybridized carbons (Fsp3) is 1.00. The molecule has 0 aromatic rings. The van der Waals surface area contributed by atoms with E-state index in [1.54, 1.807) is 0 Å². The molecule has 0 fully saturated rings. The van der Waals surface area contributed by atoms with Crippen molar-refractivity contribution in [3.8, 4) is 0 Å². The van der Waals surface area contributed by atoms with Crippen LogP contribution in [-0.2, 0) is 20.9 Å². The third kappa shape index (κ3) is 18.5. The van der Waals surface area contributed by atoms with Crippen molar-refractivity contribution in [2.24, 2.45) is 0 Å². The second-order valence-electron chi connectivity index (χ2n) is 4.36. The average Bonchev–Trinajstić information content (AvgIpc) is 2.48. The van der Waals surface area contributed by atoms with Gasteiger partial charge in [-0.2, -0.15) is 0 Å². The quantitative estimate of drug-likeness (QED) is 0.512. The molecule has 126 valence electrons.